The van der Waals surface area contributed by atoms with Gasteiger partial charge in [-0.2, -0.15) is 0 Å². The second kappa shape index (κ2) is 12.5. The van der Waals surface area contributed by atoms with Crippen molar-refractivity contribution in [3.63, 3.8) is 0 Å². The predicted molar refractivity (Wildman–Crippen MR) is 161 cm³/mol. The molecule has 0 aliphatic heterocycles. The van der Waals surface area contributed by atoms with Crippen LogP contribution in [-0.4, -0.2) is 24.6 Å². The molecular weight excluding hydrogens is 516 g/mol. The van der Waals surface area contributed by atoms with Gasteiger partial charge in [0.1, 0.15) is 0 Å². The molecule has 1 atom stereocenters. The zero-order valence-electron chi connectivity index (χ0n) is 21.3. The Bertz CT molecular complexity index is 1400. The number of nitrogens with two attached hydrogens (primary N) is 2. The third-order valence-corrected chi connectivity index (χ3v) is 7.85. The molecule has 4 rings (SSSR count). The van der Waals surface area contributed by atoms with Crippen molar-refractivity contribution in [1.29, 1.82) is 0 Å². The molecule has 0 aliphatic rings. The minimum Gasteiger partial charge on any atom is -0.397 e. The van der Waals surface area contributed by atoms with Crippen molar-refractivity contribution in [2.75, 3.05) is 28.6 Å². The summed E-state index contributed by atoms with van der Waals surface area (Å²) in [6.07, 6.45) is 1.52. The number of rotatable bonds is 9. The summed E-state index contributed by atoms with van der Waals surface area (Å²) in [5.74, 6) is 0. The van der Waals surface area contributed by atoms with Crippen molar-refractivity contribution < 1.29 is 9.59 Å². The van der Waals surface area contributed by atoms with Crippen molar-refractivity contribution in [3.8, 4) is 20.9 Å². The maximum atomic E-state index is 12.7. The van der Waals surface area contributed by atoms with Gasteiger partial charge in [-0.25, -0.2) is 9.59 Å². The van der Waals surface area contributed by atoms with Crippen LogP contribution in [0.4, 0.5) is 32.3 Å². The topological polar surface area (TPSA) is 134 Å². The van der Waals surface area contributed by atoms with Crippen LogP contribution in [0.25, 0.3) is 20.9 Å². The second-order valence-corrected chi connectivity index (χ2v) is 11.0. The van der Waals surface area contributed by atoms with Gasteiger partial charge in [-0.05, 0) is 72.3 Å². The first kappa shape index (κ1) is 27.0. The molecule has 0 radical (unpaired) electrons. The van der Waals surface area contributed by atoms with Crippen LogP contribution in [0.2, 0.25) is 0 Å². The van der Waals surface area contributed by atoms with Gasteiger partial charge in [-0.3, -0.25) is 0 Å². The molecule has 38 heavy (non-hydrogen) atoms. The summed E-state index contributed by atoms with van der Waals surface area (Å²) in [7, 11) is 0. The molecule has 2 aromatic heterocycles. The van der Waals surface area contributed by atoms with E-state index < -0.39 is 0 Å². The van der Waals surface area contributed by atoms with Crippen molar-refractivity contribution in [2.45, 2.75) is 32.7 Å². The molecule has 0 bridgehead atoms. The van der Waals surface area contributed by atoms with Gasteiger partial charge in [0, 0.05) is 33.6 Å². The quantitative estimate of drug-likeness (QED) is 0.132. The number of hydrogen-bond acceptors (Lipinski definition) is 6. The van der Waals surface area contributed by atoms with E-state index in [9.17, 15) is 9.59 Å². The Kier molecular flexibility index (Phi) is 8.88. The highest BCUT2D eigenvalue weighted by molar-refractivity contribution is 7.15. The molecule has 8 nitrogen and oxygen atoms in total. The Morgan fingerprint density at radius 2 is 1.53 bits per heavy atom. The van der Waals surface area contributed by atoms with Crippen molar-refractivity contribution >= 4 is 57.5 Å². The zero-order valence-corrected chi connectivity index (χ0v) is 23.0. The number of nitrogen functional groups attached to an aromatic ring is 2. The normalized spacial score (nSPS) is 11.5. The average Bonchev–Trinajstić information content (AvgIpc) is 3.58. The molecule has 0 saturated carbocycles. The summed E-state index contributed by atoms with van der Waals surface area (Å²) < 4.78 is 0. The van der Waals surface area contributed by atoms with Gasteiger partial charge < -0.3 is 32.7 Å². The first-order valence-corrected chi connectivity index (χ1v) is 14.1. The lowest BCUT2D eigenvalue weighted by Crippen LogP contribution is -2.37. The van der Waals surface area contributed by atoms with Crippen molar-refractivity contribution in [3.05, 3.63) is 70.9 Å². The highest BCUT2D eigenvalue weighted by Gasteiger charge is 2.14. The molecule has 2 aromatic carbocycles. The van der Waals surface area contributed by atoms with E-state index in [2.05, 4.69) is 27.3 Å². The van der Waals surface area contributed by atoms with E-state index in [-0.39, 0.29) is 18.1 Å². The number of nitrogens with one attached hydrogen (secondary N) is 4. The molecule has 8 N–H and O–H groups in total. The zero-order chi connectivity index (χ0) is 27.1. The highest BCUT2D eigenvalue weighted by Crippen LogP contribution is 2.33. The fourth-order valence-electron chi connectivity index (χ4n) is 3.86. The molecule has 0 aliphatic carbocycles. The maximum Gasteiger partial charge on any atom is 0.319 e. The average molecular weight is 549 g/mol. The molecule has 0 fully saturated rings. The SMILES string of the molecule is CCCNC(=O)Nc1cc(-c2ccc(CC(C)NC(=O)Nc3cc(-c4cccs4)ccc3N)s2)ccc1N. The van der Waals surface area contributed by atoms with E-state index in [4.69, 9.17) is 11.5 Å². The molecule has 0 saturated heterocycles. The number of anilines is 4. The van der Waals surface area contributed by atoms with Gasteiger partial charge in [0.25, 0.3) is 0 Å². The van der Waals surface area contributed by atoms with Gasteiger partial charge in [0.2, 0.25) is 0 Å². The highest BCUT2D eigenvalue weighted by atomic mass is 32.1. The minimum atomic E-state index is -0.306. The monoisotopic (exact) mass is 548 g/mol. The van der Waals surface area contributed by atoms with E-state index in [0.717, 1.165) is 32.2 Å². The van der Waals surface area contributed by atoms with Gasteiger partial charge >= 0.3 is 12.1 Å². The van der Waals surface area contributed by atoms with Crippen LogP contribution in [0.1, 0.15) is 25.1 Å². The molecule has 10 heteroatoms. The van der Waals surface area contributed by atoms with E-state index in [1.807, 2.05) is 61.7 Å². The lowest BCUT2D eigenvalue weighted by Gasteiger charge is -2.15. The fourth-order valence-corrected chi connectivity index (χ4v) is 5.72. The lowest BCUT2D eigenvalue weighted by atomic mass is 10.1. The first-order chi connectivity index (χ1) is 18.3. The van der Waals surface area contributed by atoms with Crippen LogP contribution < -0.4 is 32.7 Å². The summed E-state index contributed by atoms with van der Waals surface area (Å²) in [6.45, 7) is 4.55. The Labute approximate surface area is 230 Å². The fraction of sp³-hybridized carbons (Fsp3) is 0.214. The van der Waals surface area contributed by atoms with Gasteiger partial charge in [0.05, 0.1) is 22.7 Å². The summed E-state index contributed by atoms with van der Waals surface area (Å²) >= 11 is 3.27. The van der Waals surface area contributed by atoms with Gasteiger partial charge in [0.15, 0.2) is 0 Å². The number of carbonyl (C=O) groups is 2. The molecule has 0 spiro atoms. The standard InChI is InChI=1S/C28H32N6O2S2/c1-3-12-31-27(35)33-23-16-19(7-10-21(23)29)26-11-8-20(38-26)14-17(2)32-28(36)34-24-15-18(6-9-22(24)30)25-5-4-13-37-25/h4-11,13,15-17H,3,12,14,29-30H2,1-2H3,(H2,31,33,35)(H2,32,34,36). The molecule has 4 amide bonds. The smallest absolute Gasteiger partial charge is 0.319 e. The molecule has 2 heterocycles. The molecule has 198 valence electrons. The van der Waals surface area contributed by atoms with Crippen LogP contribution >= 0.6 is 22.7 Å². The Hall–Kier alpha value is -4.02. The number of urea groups is 2. The molecular formula is C28H32N6O2S2. The first-order valence-electron chi connectivity index (χ1n) is 12.4. The van der Waals surface area contributed by atoms with Crippen LogP contribution in [0.5, 0.6) is 0 Å². The number of carbonyl (C=O) groups excluding carboxylic acids is 2. The number of hydrogen-bond donors (Lipinski definition) is 6. The third kappa shape index (κ3) is 7.05. The van der Waals surface area contributed by atoms with Crippen LogP contribution in [0.3, 0.4) is 0 Å². The van der Waals surface area contributed by atoms with E-state index in [0.29, 0.717) is 35.7 Å². The Morgan fingerprint density at radius 1 is 0.868 bits per heavy atom. The number of benzene rings is 2. The number of thiophene rings is 2. The Balaban J connectivity index is 1.35. The predicted octanol–water partition coefficient (Wildman–Crippen LogP) is 6.59. The largest absolute Gasteiger partial charge is 0.397 e. The summed E-state index contributed by atoms with van der Waals surface area (Å²) in [6, 6.07) is 18.7. The maximum absolute atomic E-state index is 12.7. The van der Waals surface area contributed by atoms with Gasteiger partial charge in [-0.1, -0.05) is 25.1 Å². The van der Waals surface area contributed by atoms with E-state index in [1.54, 1.807) is 34.8 Å². The van der Waals surface area contributed by atoms with Gasteiger partial charge in [-0.15, -0.1) is 22.7 Å². The molecule has 1 unspecified atom stereocenters. The van der Waals surface area contributed by atoms with Crippen LogP contribution in [0, 0.1) is 0 Å². The van der Waals surface area contributed by atoms with Crippen molar-refractivity contribution in [1.82, 2.24) is 10.6 Å². The van der Waals surface area contributed by atoms with Crippen LogP contribution in [0.15, 0.2) is 66.0 Å². The number of amides is 4. The summed E-state index contributed by atoms with van der Waals surface area (Å²) in [5.41, 5.74) is 16.3. The van der Waals surface area contributed by atoms with Crippen LogP contribution in [-0.2, 0) is 6.42 Å². The van der Waals surface area contributed by atoms with E-state index >= 15 is 0 Å². The second-order valence-electron chi connectivity index (χ2n) is 8.93. The Morgan fingerprint density at radius 3 is 2.16 bits per heavy atom. The third-order valence-electron chi connectivity index (χ3n) is 5.78. The minimum absolute atomic E-state index is 0.103. The van der Waals surface area contributed by atoms with E-state index in [1.165, 1.54) is 0 Å². The molecule has 4 aromatic rings. The lowest BCUT2D eigenvalue weighted by molar-refractivity contribution is 0.249. The van der Waals surface area contributed by atoms with Crippen molar-refractivity contribution in [2.24, 2.45) is 0 Å². The summed E-state index contributed by atoms with van der Waals surface area (Å²) in [4.78, 5) is 28.0. The summed E-state index contributed by atoms with van der Waals surface area (Å²) in [5, 5.41) is 13.5.